The van der Waals surface area contributed by atoms with Gasteiger partial charge in [0.25, 0.3) is 0 Å². The molecule has 5 aromatic rings. The van der Waals surface area contributed by atoms with Crippen LogP contribution in [0.5, 0.6) is 0 Å². The largest absolute Gasteiger partial charge is 0.337 e. The van der Waals surface area contributed by atoms with Crippen LogP contribution in [0, 0.1) is 12.7 Å². The molecule has 3 aromatic carbocycles. The standard InChI is InChI=1S/C23H16FN5O/c1-14-27-28-23-22(25-18-10-8-17(24)9-11-18)26-19-12-7-16(13-20(19)29(14)23)21(30)15-5-3-2-4-6-15/h2-13H,1H3,(H,25,26). The molecule has 2 aromatic heterocycles. The van der Waals surface area contributed by atoms with Crippen LogP contribution in [-0.2, 0) is 0 Å². The van der Waals surface area contributed by atoms with Crippen molar-refractivity contribution in [1.82, 2.24) is 19.6 Å². The van der Waals surface area contributed by atoms with Crippen LogP contribution in [0.1, 0.15) is 21.7 Å². The molecule has 0 bridgehead atoms. The SMILES string of the molecule is Cc1nnc2c(Nc3ccc(F)cc3)nc3ccc(C(=O)c4ccccc4)cc3n12. The summed E-state index contributed by atoms with van der Waals surface area (Å²) < 4.78 is 15.1. The van der Waals surface area contributed by atoms with Gasteiger partial charge in [-0.05, 0) is 49.4 Å². The van der Waals surface area contributed by atoms with Gasteiger partial charge in [0.05, 0.1) is 11.0 Å². The maximum Gasteiger partial charge on any atom is 0.204 e. The summed E-state index contributed by atoms with van der Waals surface area (Å²) in [6.07, 6.45) is 0. The molecule has 0 fully saturated rings. The van der Waals surface area contributed by atoms with Crippen molar-refractivity contribution in [3.05, 3.63) is 95.6 Å². The molecule has 0 saturated heterocycles. The second-order valence-corrected chi connectivity index (χ2v) is 6.90. The zero-order chi connectivity index (χ0) is 20.7. The summed E-state index contributed by atoms with van der Waals surface area (Å²) in [5.74, 6) is 0.789. The Hall–Kier alpha value is -4.13. The Morgan fingerprint density at radius 3 is 2.47 bits per heavy atom. The number of nitrogens with zero attached hydrogens (tertiary/aromatic N) is 4. The van der Waals surface area contributed by atoms with Gasteiger partial charge < -0.3 is 5.32 Å². The summed E-state index contributed by atoms with van der Waals surface area (Å²) in [5.41, 5.74) is 3.80. The van der Waals surface area contributed by atoms with Crippen LogP contribution in [0.25, 0.3) is 16.7 Å². The summed E-state index contributed by atoms with van der Waals surface area (Å²) in [6.45, 7) is 1.84. The van der Waals surface area contributed by atoms with Gasteiger partial charge in [-0.3, -0.25) is 9.20 Å². The lowest BCUT2D eigenvalue weighted by Gasteiger charge is -2.11. The number of anilines is 2. The highest BCUT2D eigenvalue weighted by Crippen LogP contribution is 2.26. The molecule has 7 heteroatoms. The molecule has 0 aliphatic heterocycles. The third-order valence-corrected chi connectivity index (χ3v) is 4.89. The van der Waals surface area contributed by atoms with E-state index in [-0.39, 0.29) is 11.6 Å². The predicted molar refractivity (Wildman–Crippen MR) is 113 cm³/mol. The van der Waals surface area contributed by atoms with Crippen molar-refractivity contribution in [3.63, 3.8) is 0 Å². The summed E-state index contributed by atoms with van der Waals surface area (Å²) in [7, 11) is 0. The summed E-state index contributed by atoms with van der Waals surface area (Å²) >= 11 is 0. The summed E-state index contributed by atoms with van der Waals surface area (Å²) in [4.78, 5) is 17.5. The number of aromatic nitrogens is 4. The second kappa shape index (κ2) is 7.04. The highest BCUT2D eigenvalue weighted by Gasteiger charge is 2.16. The molecule has 2 heterocycles. The fraction of sp³-hybridized carbons (Fsp3) is 0.0435. The van der Waals surface area contributed by atoms with E-state index >= 15 is 0 Å². The Morgan fingerprint density at radius 1 is 0.933 bits per heavy atom. The maximum atomic E-state index is 13.2. The first-order valence-corrected chi connectivity index (χ1v) is 9.38. The number of ketones is 1. The molecule has 0 unspecified atom stereocenters. The highest BCUT2D eigenvalue weighted by atomic mass is 19.1. The molecule has 0 aliphatic carbocycles. The number of halogens is 1. The first-order valence-electron chi connectivity index (χ1n) is 9.38. The molecular formula is C23H16FN5O. The van der Waals surface area contributed by atoms with E-state index in [1.807, 2.05) is 35.6 Å². The van der Waals surface area contributed by atoms with Gasteiger partial charge in [-0.1, -0.05) is 30.3 Å². The summed E-state index contributed by atoms with van der Waals surface area (Å²) in [5, 5.41) is 11.6. The van der Waals surface area contributed by atoms with Gasteiger partial charge in [0, 0.05) is 16.8 Å². The van der Waals surface area contributed by atoms with E-state index in [9.17, 15) is 9.18 Å². The van der Waals surface area contributed by atoms with Crippen molar-refractivity contribution < 1.29 is 9.18 Å². The number of hydrogen-bond acceptors (Lipinski definition) is 5. The van der Waals surface area contributed by atoms with E-state index in [4.69, 9.17) is 0 Å². The second-order valence-electron chi connectivity index (χ2n) is 6.90. The van der Waals surface area contributed by atoms with Crippen molar-refractivity contribution in [2.24, 2.45) is 0 Å². The van der Waals surface area contributed by atoms with Gasteiger partial charge in [0.2, 0.25) is 5.65 Å². The number of carbonyl (C=O) groups is 1. The Morgan fingerprint density at radius 2 is 1.70 bits per heavy atom. The number of rotatable bonds is 4. The van der Waals surface area contributed by atoms with Gasteiger partial charge in [-0.2, -0.15) is 0 Å². The lowest BCUT2D eigenvalue weighted by molar-refractivity contribution is 0.103. The van der Waals surface area contributed by atoms with Gasteiger partial charge in [0.1, 0.15) is 11.6 Å². The van der Waals surface area contributed by atoms with Gasteiger partial charge >= 0.3 is 0 Å². The minimum Gasteiger partial charge on any atom is -0.337 e. The van der Waals surface area contributed by atoms with Crippen LogP contribution in [0.3, 0.4) is 0 Å². The van der Waals surface area contributed by atoms with Gasteiger partial charge in [0.15, 0.2) is 11.6 Å². The van der Waals surface area contributed by atoms with Crippen LogP contribution < -0.4 is 5.32 Å². The number of nitrogens with one attached hydrogen (secondary N) is 1. The zero-order valence-corrected chi connectivity index (χ0v) is 16.0. The van der Waals surface area contributed by atoms with Crippen LogP contribution in [-0.4, -0.2) is 25.4 Å². The first kappa shape index (κ1) is 17.9. The Labute approximate surface area is 171 Å². The molecule has 30 heavy (non-hydrogen) atoms. The molecule has 0 radical (unpaired) electrons. The topological polar surface area (TPSA) is 72.2 Å². The minimum atomic E-state index is -0.314. The molecule has 0 aliphatic rings. The monoisotopic (exact) mass is 397 g/mol. The third-order valence-electron chi connectivity index (χ3n) is 4.89. The number of carbonyl (C=O) groups excluding carboxylic acids is 1. The smallest absolute Gasteiger partial charge is 0.204 e. The molecule has 1 N–H and O–H groups in total. The number of aryl methyl sites for hydroxylation is 1. The predicted octanol–water partition coefficient (Wildman–Crippen LogP) is 4.70. The van der Waals surface area contributed by atoms with Crippen LogP contribution in [0.4, 0.5) is 15.9 Å². The Balaban J connectivity index is 1.65. The minimum absolute atomic E-state index is 0.0649. The summed E-state index contributed by atoms with van der Waals surface area (Å²) in [6, 6.07) is 20.5. The zero-order valence-electron chi connectivity index (χ0n) is 16.0. The molecular weight excluding hydrogens is 381 g/mol. The van der Waals surface area contributed by atoms with Crippen molar-refractivity contribution in [3.8, 4) is 0 Å². The van der Waals surface area contributed by atoms with E-state index in [1.165, 1.54) is 12.1 Å². The molecule has 5 rings (SSSR count). The van der Waals surface area contributed by atoms with E-state index in [0.29, 0.717) is 39.6 Å². The van der Waals surface area contributed by atoms with E-state index in [0.717, 1.165) is 5.52 Å². The Kier molecular flexibility index (Phi) is 4.21. The number of benzene rings is 3. The molecule has 0 atom stereocenters. The first-order chi connectivity index (χ1) is 14.6. The van der Waals surface area contributed by atoms with Crippen molar-refractivity contribution >= 4 is 34.0 Å². The van der Waals surface area contributed by atoms with Crippen LogP contribution >= 0.6 is 0 Å². The number of hydrogen-bond donors (Lipinski definition) is 1. The van der Waals surface area contributed by atoms with Crippen LogP contribution in [0.2, 0.25) is 0 Å². The lowest BCUT2D eigenvalue weighted by Crippen LogP contribution is -2.04. The number of fused-ring (bicyclic) bond motifs is 3. The fourth-order valence-electron chi connectivity index (χ4n) is 3.42. The van der Waals surface area contributed by atoms with Crippen LogP contribution in [0.15, 0.2) is 72.8 Å². The highest BCUT2D eigenvalue weighted by molar-refractivity contribution is 6.10. The average Bonchev–Trinajstić information content (AvgIpc) is 3.17. The average molecular weight is 397 g/mol. The molecule has 6 nitrogen and oxygen atoms in total. The van der Waals surface area contributed by atoms with Gasteiger partial charge in [-0.25, -0.2) is 9.37 Å². The Bertz CT molecular complexity index is 1390. The van der Waals surface area contributed by atoms with Crippen molar-refractivity contribution in [2.45, 2.75) is 6.92 Å². The third kappa shape index (κ3) is 3.06. The van der Waals surface area contributed by atoms with E-state index in [1.54, 1.807) is 36.4 Å². The quantitative estimate of drug-likeness (QED) is 0.445. The lowest BCUT2D eigenvalue weighted by atomic mass is 10.0. The molecule has 146 valence electrons. The van der Waals surface area contributed by atoms with Gasteiger partial charge in [-0.15, -0.1) is 10.2 Å². The molecule has 0 saturated carbocycles. The van der Waals surface area contributed by atoms with E-state index < -0.39 is 0 Å². The maximum absolute atomic E-state index is 13.2. The van der Waals surface area contributed by atoms with Crippen molar-refractivity contribution in [1.29, 1.82) is 0 Å². The molecule has 0 amide bonds. The molecule has 0 spiro atoms. The van der Waals surface area contributed by atoms with Crippen molar-refractivity contribution in [2.75, 3.05) is 5.32 Å². The fourth-order valence-corrected chi connectivity index (χ4v) is 3.42. The normalized spacial score (nSPS) is 11.1. The van der Waals surface area contributed by atoms with E-state index in [2.05, 4.69) is 20.5 Å².